The van der Waals surface area contributed by atoms with E-state index in [1.54, 1.807) is 36.4 Å². The number of carbonyl (C=O) groups excluding carboxylic acids is 1. The van der Waals surface area contributed by atoms with Crippen LogP contribution in [-0.4, -0.2) is 17.5 Å². The number of carbonyl (C=O) groups is 1. The second-order valence-corrected chi connectivity index (χ2v) is 4.73. The zero-order valence-corrected chi connectivity index (χ0v) is 12.6. The van der Waals surface area contributed by atoms with E-state index in [1.165, 1.54) is 0 Å². The van der Waals surface area contributed by atoms with Crippen LogP contribution in [0.4, 0.5) is 0 Å². The molecule has 0 fully saturated rings. The van der Waals surface area contributed by atoms with Crippen molar-refractivity contribution < 1.29 is 14.6 Å². The summed E-state index contributed by atoms with van der Waals surface area (Å²) in [5.74, 6) is 1.03. The first kappa shape index (κ1) is 16.3. The molecule has 116 valence electrons. The third-order valence-corrected chi connectivity index (χ3v) is 2.97. The monoisotopic (exact) mass is 306 g/mol. The Morgan fingerprint density at radius 2 is 1.22 bits per heavy atom. The number of para-hydroxylation sites is 2. The van der Waals surface area contributed by atoms with Crippen molar-refractivity contribution in [3.8, 4) is 11.5 Å². The van der Waals surface area contributed by atoms with Crippen molar-refractivity contribution in [2.24, 2.45) is 0 Å². The van der Waals surface area contributed by atoms with Crippen LogP contribution in [0.3, 0.4) is 0 Å². The Labute approximate surface area is 135 Å². The molecule has 0 aliphatic carbocycles. The summed E-state index contributed by atoms with van der Waals surface area (Å²) < 4.78 is 5.37. The van der Waals surface area contributed by atoms with E-state index in [0.717, 1.165) is 0 Å². The lowest BCUT2D eigenvalue weighted by atomic mass is 10.1. The molecular formula is C20H18O3. The molecule has 3 aromatic rings. The largest absolute Gasteiger partial charge is 0.508 e. The molecule has 0 amide bonds. The van der Waals surface area contributed by atoms with Gasteiger partial charge in [-0.3, -0.25) is 4.79 Å². The van der Waals surface area contributed by atoms with Crippen LogP contribution in [0.1, 0.15) is 10.4 Å². The van der Waals surface area contributed by atoms with E-state index >= 15 is 0 Å². The Morgan fingerprint density at radius 1 is 0.739 bits per heavy atom. The summed E-state index contributed by atoms with van der Waals surface area (Å²) in [6, 6.07) is 27.2. The smallest absolute Gasteiger partial charge is 0.200 e. The predicted molar refractivity (Wildman–Crippen MR) is 90.8 cm³/mol. The van der Waals surface area contributed by atoms with Gasteiger partial charge in [0, 0.05) is 5.56 Å². The lowest BCUT2D eigenvalue weighted by Crippen LogP contribution is -2.11. The molecule has 0 spiro atoms. The van der Waals surface area contributed by atoms with Gasteiger partial charge < -0.3 is 9.84 Å². The van der Waals surface area contributed by atoms with Gasteiger partial charge in [0.05, 0.1) is 0 Å². The van der Waals surface area contributed by atoms with E-state index in [1.807, 2.05) is 54.6 Å². The Bertz CT molecular complexity index is 695. The lowest BCUT2D eigenvalue weighted by Gasteiger charge is -2.04. The highest BCUT2D eigenvalue weighted by Crippen LogP contribution is 2.09. The Morgan fingerprint density at radius 3 is 1.70 bits per heavy atom. The standard InChI is InChI=1S/C14H12O2.C6H6O/c15-14(12-7-3-1-4-8-12)11-16-13-9-5-2-6-10-13;7-6-4-2-1-3-5-6/h1-10H,11H2;1-5,7H. The zero-order valence-electron chi connectivity index (χ0n) is 12.6. The number of ether oxygens (including phenoxy) is 1. The Kier molecular flexibility index (Phi) is 6.42. The van der Waals surface area contributed by atoms with Crippen molar-refractivity contribution in [1.82, 2.24) is 0 Å². The van der Waals surface area contributed by atoms with Crippen LogP contribution in [0.5, 0.6) is 11.5 Å². The molecule has 0 aromatic heterocycles. The first-order chi connectivity index (χ1) is 11.3. The maximum atomic E-state index is 11.7. The van der Waals surface area contributed by atoms with Gasteiger partial charge in [-0.05, 0) is 24.3 Å². The molecule has 0 saturated carbocycles. The van der Waals surface area contributed by atoms with Crippen LogP contribution in [0.25, 0.3) is 0 Å². The number of benzene rings is 3. The van der Waals surface area contributed by atoms with Crippen LogP contribution in [0.15, 0.2) is 91.0 Å². The molecule has 0 heterocycles. The van der Waals surface area contributed by atoms with Crippen LogP contribution < -0.4 is 4.74 Å². The minimum Gasteiger partial charge on any atom is -0.508 e. The predicted octanol–water partition coefficient (Wildman–Crippen LogP) is 4.34. The minimum absolute atomic E-state index is 0.00977. The van der Waals surface area contributed by atoms with Gasteiger partial charge in [0.1, 0.15) is 11.5 Å². The lowest BCUT2D eigenvalue weighted by molar-refractivity contribution is 0.0921. The van der Waals surface area contributed by atoms with Gasteiger partial charge in [-0.15, -0.1) is 0 Å². The fourth-order valence-corrected chi connectivity index (χ4v) is 1.80. The fourth-order valence-electron chi connectivity index (χ4n) is 1.80. The Hall–Kier alpha value is -3.07. The molecule has 0 aliphatic rings. The third kappa shape index (κ3) is 6.06. The number of hydrogen-bond donors (Lipinski definition) is 1. The molecule has 3 rings (SSSR count). The summed E-state index contributed by atoms with van der Waals surface area (Å²) in [6.45, 7) is 0.0774. The van der Waals surface area contributed by atoms with Crippen molar-refractivity contribution in [2.45, 2.75) is 0 Å². The van der Waals surface area contributed by atoms with E-state index in [4.69, 9.17) is 9.84 Å². The quantitative estimate of drug-likeness (QED) is 0.729. The number of Topliss-reactive ketones (excluding diaryl/α,β-unsaturated/α-hetero) is 1. The van der Waals surface area contributed by atoms with Gasteiger partial charge in [0.25, 0.3) is 0 Å². The molecule has 3 nitrogen and oxygen atoms in total. The highest BCUT2D eigenvalue weighted by atomic mass is 16.5. The molecule has 0 saturated heterocycles. The van der Waals surface area contributed by atoms with Gasteiger partial charge in [-0.1, -0.05) is 66.7 Å². The SMILES string of the molecule is O=C(COc1ccccc1)c1ccccc1.Oc1ccccc1. The molecule has 0 aliphatic heterocycles. The van der Waals surface area contributed by atoms with Gasteiger partial charge in [-0.2, -0.15) is 0 Å². The second kappa shape index (κ2) is 9.05. The number of phenolic OH excluding ortho intramolecular Hbond substituents is 1. The maximum Gasteiger partial charge on any atom is 0.200 e. The van der Waals surface area contributed by atoms with E-state index in [0.29, 0.717) is 17.1 Å². The summed E-state index contributed by atoms with van der Waals surface area (Å²) in [6.07, 6.45) is 0. The average molecular weight is 306 g/mol. The third-order valence-electron chi connectivity index (χ3n) is 2.97. The topological polar surface area (TPSA) is 46.5 Å². The summed E-state index contributed by atoms with van der Waals surface area (Å²) in [5, 5.41) is 8.63. The van der Waals surface area contributed by atoms with Crippen LogP contribution in [0.2, 0.25) is 0 Å². The molecule has 0 bridgehead atoms. The number of ketones is 1. The minimum atomic E-state index is -0.00977. The van der Waals surface area contributed by atoms with Gasteiger partial charge >= 0.3 is 0 Å². The normalized spacial score (nSPS) is 9.39. The number of phenols is 1. The summed E-state index contributed by atoms with van der Waals surface area (Å²) in [5.41, 5.74) is 0.679. The van der Waals surface area contributed by atoms with Crippen molar-refractivity contribution in [3.05, 3.63) is 96.6 Å². The van der Waals surface area contributed by atoms with Gasteiger partial charge in [0.15, 0.2) is 12.4 Å². The van der Waals surface area contributed by atoms with E-state index < -0.39 is 0 Å². The van der Waals surface area contributed by atoms with Gasteiger partial charge in [-0.25, -0.2) is 0 Å². The van der Waals surface area contributed by atoms with Crippen molar-refractivity contribution in [1.29, 1.82) is 0 Å². The number of rotatable bonds is 4. The first-order valence-corrected chi connectivity index (χ1v) is 7.26. The fraction of sp³-hybridized carbons (Fsp3) is 0.0500. The molecule has 23 heavy (non-hydrogen) atoms. The molecule has 1 N–H and O–H groups in total. The van der Waals surface area contributed by atoms with Gasteiger partial charge in [0.2, 0.25) is 0 Å². The van der Waals surface area contributed by atoms with E-state index in [-0.39, 0.29) is 12.4 Å². The molecule has 0 radical (unpaired) electrons. The Balaban J connectivity index is 0.000000229. The zero-order chi connectivity index (χ0) is 16.3. The van der Waals surface area contributed by atoms with E-state index in [9.17, 15) is 4.79 Å². The van der Waals surface area contributed by atoms with Crippen molar-refractivity contribution in [2.75, 3.05) is 6.61 Å². The number of hydrogen-bond acceptors (Lipinski definition) is 3. The maximum absolute atomic E-state index is 11.7. The summed E-state index contributed by atoms with van der Waals surface area (Å²) >= 11 is 0. The van der Waals surface area contributed by atoms with Crippen LogP contribution in [0, 0.1) is 0 Å². The summed E-state index contributed by atoms with van der Waals surface area (Å²) in [4.78, 5) is 11.7. The molecular weight excluding hydrogens is 288 g/mol. The average Bonchev–Trinajstić information content (AvgIpc) is 2.62. The molecule has 0 atom stereocenters. The highest BCUT2D eigenvalue weighted by molar-refractivity contribution is 5.97. The van der Waals surface area contributed by atoms with Crippen molar-refractivity contribution in [3.63, 3.8) is 0 Å². The molecule has 3 heteroatoms. The number of aromatic hydroxyl groups is 1. The first-order valence-electron chi connectivity index (χ1n) is 7.26. The van der Waals surface area contributed by atoms with Crippen LogP contribution in [-0.2, 0) is 0 Å². The highest BCUT2D eigenvalue weighted by Gasteiger charge is 2.05. The van der Waals surface area contributed by atoms with E-state index in [2.05, 4.69) is 0 Å². The molecule has 3 aromatic carbocycles. The molecule has 0 unspecified atom stereocenters. The second-order valence-electron chi connectivity index (χ2n) is 4.73. The summed E-state index contributed by atoms with van der Waals surface area (Å²) in [7, 11) is 0. The van der Waals surface area contributed by atoms with Crippen LogP contribution >= 0.6 is 0 Å². The van der Waals surface area contributed by atoms with Crippen molar-refractivity contribution >= 4 is 5.78 Å².